The van der Waals surface area contributed by atoms with E-state index in [0.29, 0.717) is 35.2 Å². The number of aliphatic hydroxyl groups is 1. The Morgan fingerprint density at radius 2 is 2.11 bits per heavy atom. The van der Waals surface area contributed by atoms with E-state index in [4.69, 9.17) is 23.2 Å². The van der Waals surface area contributed by atoms with E-state index in [0.717, 1.165) is 0 Å². The summed E-state index contributed by atoms with van der Waals surface area (Å²) in [5.41, 5.74) is 0.463. The van der Waals surface area contributed by atoms with E-state index >= 15 is 0 Å². The summed E-state index contributed by atoms with van der Waals surface area (Å²) >= 11 is 11.6. The Hall–Kier alpha value is -0.520. The number of hydrogen-bond acceptors (Lipinski definition) is 3. The molecule has 1 heterocycles. The van der Waals surface area contributed by atoms with E-state index in [1.165, 1.54) is 6.07 Å². The maximum absolute atomic E-state index is 11.9. The molecular weight excluding hydrogens is 311 g/mol. The molecule has 0 aromatic heterocycles. The van der Waals surface area contributed by atoms with Crippen LogP contribution in [0.1, 0.15) is 10.4 Å². The predicted molar refractivity (Wildman–Crippen MR) is 78.4 cm³/mol. The van der Waals surface area contributed by atoms with Crippen molar-refractivity contribution in [3.05, 3.63) is 33.8 Å². The predicted octanol–water partition coefficient (Wildman–Crippen LogP) is 1.73. The van der Waals surface area contributed by atoms with Crippen molar-refractivity contribution in [2.24, 2.45) is 5.92 Å². The van der Waals surface area contributed by atoms with Crippen LogP contribution in [0.2, 0.25) is 10.0 Å². The number of benzene rings is 1. The molecule has 4 nitrogen and oxygen atoms in total. The first kappa shape index (κ1) is 16.5. The maximum Gasteiger partial charge on any atom is 0.251 e. The third kappa shape index (κ3) is 4.23. The molecule has 1 aromatic rings. The third-order valence-corrected chi connectivity index (χ3v) is 3.75. The van der Waals surface area contributed by atoms with E-state index in [1.807, 2.05) is 0 Å². The molecule has 0 aliphatic carbocycles. The first-order valence-corrected chi connectivity index (χ1v) is 6.45. The molecule has 106 valence electrons. The summed E-state index contributed by atoms with van der Waals surface area (Å²) in [7, 11) is 0. The van der Waals surface area contributed by atoms with Gasteiger partial charge in [0.2, 0.25) is 0 Å². The van der Waals surface area contributed by atoms with Gasteiger partial charge in [-0.25, -0.2) is 0 Å². The van der Waals surface area contributed by atoms with Gasteiger partial charge in [0, 0.05) is 31.1 Å². The number of nitrogens with one attached hydrogen (secondary N) is 2. The lowest BCUT2D eigenvalue weighted by atomic mass is 10.1. The zero-order chi connectivity index (χ0) is 13.1. The molecule has 2 rings (SSSR count). The molecule has 19 heavy (non-hydrogen) atoms. The summed E-state index contributed by atoms with van der Waals surface area (Å²) < 4.78 is 0. The molecule has 1 aliphatic heterocycles. The molecule has 1 fully saturated rings. The highest BCUT2D eigenvalue weighted by molar-refractivity contribution is 6.42. The topological polar surface area (TPSA) is 61.4 Å². The summed E-state index contributed by atoms with van der Waals surface area (Å²) in [6, 6.07) is 4.74. The molecule has 0 saturated carbocycles. The maximum atomic E-state index is 11.9. The number of hydrogen-bond donors (Lipinski definition) is 3. The minimum Gasteiger partial charge on any atom is -0.391 e. The van der Waals surface area contributed by atoms with Crippen LogP contribution in [0.4, 0.5) is 0 Å². The first-order valence-electron chi connectivity index (χ1n) is 5.70. The van der Waals surface area contributed by atoms with E-state index in [1.54, 1.807) is 12.1 Å². The molecule has 1 saturated heterocycles. The van der Waals surface area contributed by atoms with E-state index in [9.17, 15) is 9.90 Å². The van der Waals surface area contributed by atoms with Crippen LogP contribution in [0.3, 0.4) is 0 Å². The summed E-state index contributed by atoms with van der Waals surface area (Å²) in [4.78, 5) is 11.9. The lowest BCUT2D eigenvalue weighted by molar-refractivity contribution is 0.0927. The monoisotopic (exact) mass is 324 g/mol. The van der Waals surface area contributed by atoms with Crippen LogP contribution in [-0.2, 0) is 0 Å². The van der Waals surface area contributed by atoms with Crippen molar-refractivity contribution < 1.29 is 9.90 Å². The van der Waals surface area contributed by atoms with Crippen LogP contribution in [0.15, 0.2) is 18.2 Å². The minimum atomic E-state index is -0.404. The smallest absolute Gasteiger partial charge is 0.251 e. The molecule has 0 bridgehead atoms. The Morgan fingerprint density at radius 1 is 1.37 bits per heavy atom. The molecule has 2 unspecified atom stereocenters. The van der Waals surface area contributed by atoms with Crippen LogP contribution in [0, 0.1) is 5.92 Å². The van der Waals surface area contributed by atoms with Gasteiger partial charge in [-0.1, -0.05) is 23.2 Å². The second kappa shape index (κ2) is 7.31. The fourth-order valence-electron chi connectivity index (χ4n) is 1.89. The van der Waals surface area contributed by atoms with Gasteiger partial charge in [-0.15, -0.1) is 12.4 Å². The van der Waals surface area contributed by atoms with Crippen molar-refractivity contribution in [2.75, 3.05) is 19.6 Å². The van der Waals surface area contributed by atoms with Crippen molar-refractivity contribution in [2.45, 2.75) is 6.10 Å². The molecule has 0 radical (unpaired) electrons. The van der Waals surface area contributed by atoms with Crippen LogP contribution < -0.4 is 10.6 Å². The summed E-state index contributed by atoms with van der Waals surface area (Å²) in [5.74, 6) is -0.163. The summed E-state index contributed by atoms with van der Waals surface area (Å²) in [6.07, 6.45) is -0.404. The van der Waals surface area contributed by atoms with Gasteiger partial charge in [0.25, 0.3) is 5.91 Å². The van der Waals surface area contributed by atoms with Crippen molar-refractivity contribution >= 4 is 41.5 Å². The molecule has 1 aliphatic rings. The van der Waals surface area contributed by atoms with Gasteiger partial charge in [-0.3, -0.25) is 4.79 Å². The van der Waals surface area contributed by atoms with Crippen molar-refractivity contribution in [1.82, 2.24) is 10.6 Å². The average Bonchev–Trinajstić information content (AvgIpc) is 2.75. The van der Waals surface area contributed by atoms with Gasteiger partial charge >= 0.3 is 0 Å². The molecule has 1 amide bonds. The highest BCUT2D eigenvalue weighted by Crippen LogP contribution is 2.22. The fourth-order valence-corrected chi connectivity index (χ4v) is 2.19. The molecule has 2 atom stereocenters. The lowest BCUT2D eigenvalue weighted by Gasteiger charge is -2.14. The number of carbonyl (C=O) groups excluding carboxylic acids is 1. The second-order valence-corrected chi connectivity index (χ2v) is 5.14. The van der Waals surface area contributed by atoms with Crippen LogP contribution in [-0.4, -0.2) is 36.8 Å². The number of rotatable bonds is 3. The van der Waals surface area contributed by atoms with Gasteiger partial charge in [0.1, 0.15) is 0 Å². The van der Waals surface area contributed by atoms with E-state index < -0.39 is 6.10 Å². The zero-order valence-electron chi connectivity index (χ0n) is 10.0. The molecule has 0 spiro atoms. The highest BCUT2D eigenvalue weighted by Gasteiger charge is 2.25. The lowest BCUT2D eigenvalue weighted by Crippen LogP contribution is -2.34. The number of β-amino-alcohol motifs (C(OH)–C–C–N with tert-alkyl or cyclic N) is 1. The fraction of sp³-hybridized carbons (Fsp3) is 0.417. The molecular formula is C12H15Cl3N2O2. The van der Waals surface area contributed by atoms with E-state index in [2.05, 4.69) is 10.6 Å². The van der Waals surface area contributed by atoms with Gasteiger partial charge in [-0.05, 0) is 18.2 Å². The third-order valence-electron chi connectivity index (χ3n) is 3.01. The standard InChI is InChI=1S/C12H14Cl2N2O2.ClH/c13-9-2-1-7(3-10(9)14)12(18)16-5-8-4-15-6-11(8)17;/h1-3,8,11,15,17H,4-6H2,(H,16,18);1H. The SMILES string of the molecule is Cl.O=C(NCC1CNCC1O)c1ccc(Cl)c(Cl)c1. The largest absolute Gasteiger partial charge is 0.391 e. The Balaban J connectivity index is 0.00000180. The molecule has 3 N–H and O–H groups in total. The quantitative estimate of drug-likeness (QED) is 0.793. The van der Waals surface area contributed by atoms with Gasteiger partial charge in [0.15, 0.2) is 0 Å². The summed E-state index contributed by atoms with van der Waals surface area (Å²) in [5, 5.41) is 16.2. The average molecular weight is 326 g/mol. The van der Waals surface area contributed by atoms with Crippen molar-refractivity contribution in [1.29, 1.82) is 0 Å². The van der Waals surface area contributed by atoms with Gasteiger partial charge in [-0.2, -0.15) is 0 Å². The van der Waals surface area contributed by atoms with Crippen LogP contribution in [0.5, 0.6) is 0 Å². The number of halogens is 3. The van der Waals surface area contributed by atoms with Gasteiger partial charge in [0.05, 0.1) is 16.1 Å². The first-order chi connectivity index (χ1) is 8.58. The normalized spacial score (nSPS) is 21.8. The summed E-state index contributed by atoms with van der Waals surface area (Å²) in [6.45, 7) is 1.73. The van der Waals surface area contributed by atoms with Crippen LogP contribution in [0.25, 0.3) is 0 Å². The number of amides is 1. The number of aliphatic hydroxyl groups excluding tert-OH is 1. The zero-order valence-corrected chi connectivity index (χ0v) is 12.4. The Morgan fingerprint density at radius 3 is 2.68 bits per heavy atom. The second-order valence-electron chi connectivity index (χ2n) is 4.32. The minimum absolute atomic E-state index is 0. The Kier molecular flexibility index (Phi) is 6.36. The molecule has 7 heteroatoms. The van der Waals surface area contributed by atoms with Crippen molar-refractivity contribution in [3.8, 4) is 0 Å². The van der Waals surface area contributed by atoms with Crippen LogP contribution >= 0.6 is 35.6 Å². The number of carbonyl (C=O) groups is 1. The Labute approximate surface area is 127 Å². The van der Waals surface area contributed by atoms with Crippen molar-refractivity contribution in [3.63, 3.8) is 0 Å². The molecule has 1 aromatic carbocycles. The Bertz CT molecular complexity index is 457. The van der Waals surface area contributed by atoms with E-state index in [-0.39, 0.29) is 24.2 Å². The highest BCUT2D eigenvalue weighted by atomic mass is 35.5. The van der Waals surface area contributed by atoms with Gasteiger partial charge < -0.3 is 15.7 Å².